The Morgan fingerprint density at radius 3 is 2.95 bits per heavy atom. The Morgan fingerprint density at radius 1 is 1.53 bits per heavy atom. The Hall–Kier alpha value is -2.13. The minimum Gasteiger partial charge on any atom is -0.379 e. The van der Waals surface area contributed by atoms with Gasteiger partial charge in [-0.25, -0.2) is 0 Å². The summed E-state index contributed by atoms with van der Waals surface area (Å²) in [4.78, 5) is 10.6. The molecule has 2 rings (SSSR count). The van der Waals surface area contributed by atoms with Crippen LogP contribution >= 0.6 is 0 Å². The van der Waals surface area contributed by atoms with E-state index in [0.29, 0.717) is 11.3 Å². The summed E-state index contributed by atoms with van der Waals surface area (Å²) >= 11 is 0. The van der Waals surface area contributed by atoms with Crippen molar-refractivity contribution in [2.24, 2.45) is 0 Å². The van der Waals surface area contributed by atoms with E-state index < -0.39 is 4.92 Å². The van der Waals surface area contributed by atoms with Gasteiger partial charge < -0.3 is 10.1 Å². The summed E-state index contributed by atoms with van der Waals surface area (Å²) in [6, 6.07) is 6.37. The quantitative estimate of drug-likeness (QED) is 0.664. The van der Waals surface area contributed by atoms with Gasteiger partial charge in [-0.2, -0.15) is 5.26 Å². The number of nitriles is 1. The molecule has 2 atom stereocenters. The lowest BCUT2D eigenvalue weighted by Gasteiger charge is -2.20. The first-order valence-electron chi connectivity index (χ1n) is 6.13. The normalized spacial score (nSPS) is 21.9. The summed E-state index contributed by atoms with van der Waals surface area (Å²) in [5.41, 5.74) is 0.777. The second-order valence-electron chi connectivity index (χ2n) is 4.56. The maximum atomic E-state index is 11.0. The van der Waals surface area contributed by atoms with Gasteiger partial charge in [0.15, 0.2) is 0 Å². The average molecular weight is 261 g/mol. The lowest BCUT2D eigenvalue weighted by atomic mass is 10.1. The van der Waals surface area contributed by atoms with Gasteiger partial charge in [0.25, 0.3) is 5.69 Å². The van der Waals surface area contributed by atoms with Crippen molar-refractivity contribution in [2.75, 3.05) is 12.4 Å². The fraction of sp³-hybridized carbons (Fsp3) is 0.462. The van der Waals surface area contributed by atoms with Crippen molar-refractivity contribution in [3.8, 4) is 6.07 Å². The van der Waals surface area contributed by atoms with Crippen molar-refractivity contribution in [2.45, 2.75) is 31.4 Å². The van der Waals surface area contributed by atoms with Gasteiger partial charge >= 0.3 is 0 Å². The third-order valence-corrected chi connectivity index (χ3v) is 3.42. The highest BCUT2D eigenvalue weighted by atomic mass is 16.6. The fourth-order valence-corrected chi connectivity index (χ4v) is 2.45. The van der Waals surface area contributed by atoms with E-state index in [1.807, 2.05) is 6.07 Å². The highest BCUT2D eigenvalue weighted by Gasteiger charge is 2.28. The number of benzene rings is 1. The van der Waals surface area contributed by atoms with Crippen LogP contribution < -0.4 is 5.32 Å². The third kappa shape index (κ3) is 2.83. The molecule has 0 aromatic heterocycles. The molecule has 100 valence electrons. The molecule has 1 aromatic rings. The molecule has 0 saturated heterocycles. The first kappa shape index (κ1) is 13.3. The zero-order valence-electron chi connectivity index (χ0n) is 10.6. The molecular weight excluding hydrogens is 246 g/mol. The lowest BCUT2D eigenvalue weighted by Crippen LogP contribution is -2.30. The van der Waals surface area contributed by atoms with E-state index in [1.165, 1.54) is 18.2 Å². The summed E-state index contributed by atoms with van der Waals surface area (Å²) in [7, 11) is 1.64. The summed E-state index contributed by atoms with van der Waals surface area (Å²) in [6.07, 6.45) is 2.94. The number of ether oxygens (including phenoxy) is 1. The Kier molecular flexibility index (Phi) is 3.97. The molecule has 1 aliphatic carbocycles. The summed E-state index contributed by atoms with van der Waals surface area (Å²) < 4.78 is 5.36. The van der Waals surface area contributed by atoms with Crippen LogP contribution in [0.2, 0.25) is 0 Å². The SMILES string of the molecule is COC1CCCC1Nc1cc(C#N)ccc1[N+](=O)[O-]. The van der Waals surface area contributed by atoms with Crippen LogP contribution in [0.4, 0.5) is 11.4 Å². The number of anilines is 1. The van der Waals surface area contributed by atoms with Crippen molar-refractivity contribution >= 4 is 11.4 Å². The highest BCUT2D eigenvalue weighted by molar-refractivity contribution is 5.64. The second-order valence-corrected chi connectivity index (χ2v) is 4.56. The average Bonchev–Trinajstić information content (AvgIpc) is 2.85. The van der Waals surface area contributed by atoms with E-state index in [9.17, 15) is 10.1 Å². The first-order chi connectivity index (χ1) is 9.15. The van der Waals surface area contributed by atoms with E-state index >= 15 is 0 Å². The lowest BCUT2D eigenvalue weighted by molar-refractivity contribution is -0.384. The molecule has 0 amide bonds. The summed E-state index contributed by atoms with van der Waals surface area (Å²) in [5, 5.41) is 23.0. The van der Waals surface area contributed by atoms with Crippen molar-refractivity contribution in [1.82, 2.24) is 0 Å². The molecule has 1 saturated carbocycles. The van der Waals surface area contributed by atoms with Crippen LogP contribution in [-0.4, -0.2) is 24.2 Å². The number of methoxy groups -OCH3 is 1. The Balaban J connectivity index is 2.27. The molecule has 6 heteroatoms. The smallest absolute Gasteiger partial charge is 0.292 e. The highest BCUT2D eigenvalue weighted by Crippen LogP contribution is 2.30. The number of hydrogen-bond donors (Lipinski definition) is 1. The largest absolute Gasteiger partial charge is 0.379 e. The van der Waals surface area contributed by atoms with Gasteiger partial charge in [-0.05, 0) is 31.4 Å². The summed E-state index contributed by atoms with van der Waals surface area (Å²) in [5.74, 6) is 0. The maximum Gasteiger partial charge on any atom is 0.292 e. The molecule has 1 aromatic carbocycles. The van der Waals surface area contributed by atoms with Gasteiger partial charge in [-0.3, -0.25) is 10.1 Å². The zero-order chi connectivity index (χ0) is 13.8. The molecule has 6 nitrogen and oxygen atoms in total. The number of hydrogen-bond acceptors (Lipinski definition) is 5. The minimum atomic E-state index is -0.444. The van der Waals surface area contributed by atoms with Gasteiger partial charge in [-0.15, -0.1) is 0 Å². The monoisotopic (exact) mass is 261 g/mol. The number of nitrogens with zero attached hydrogens (tertiary/aromatic N) is 2. The van der Waals surface area contributed by atoms with E-state index in [0.717, 1.165) is 19.3 Å². The molecular formula is C13H15N3O3. The van der Waals surface area contributed by atoms with Crippen LogP contribution in [-0.2, 0) is 4.74 Å². The van der Waals surface area contributed by atoms with E-state index in [1.54, 1.807) is 7.11 Å². The first-order valence-corrected chi connectivity index (χ1v) is 6.13. The topological polar surface area (TPSA) is 88.2 Å². The number of nitro groups is 1. The van der Waals surface area contributed by atoms with Crippen LogP contribution in [0.15, 0.2) is 18.2 Å². The molecule has 0 aliphatic heterocycles. The third-order valence-electron chi connectivity index (χ3n) is 3.42. The zero-order valence-corrected chi connectivity index (χ0v) is 10.6. The number of nitrogens with one attached hydrogen (secondary N) is 1. The Bertz CT molecular complexity index is 524. The van der Waals surface area contributed by atoms with Crippen molar-refractivity contribution in [3.05, 3.63) is 33.9 Å². The van der Waals surface area contributed by atoms with Gasteiger partial charge in [-0.1, -0.05) is 0 Å². The predicted molar refractivity (Wildman–Crippen MR) is 69.9 cm³/mol. The van der Waals surface area contributed by atoms with Crippen molar-refractivity contribution in [3.63, 3.8) is 0 Å². The van der Waals surface area contributed by atoms with Gasteiger partial charge in [0, 0.05) is 13.2 Å². The number of nitro benzene ring substituents is 1. The second kappa shape index (κ2) is 5.67. The molecule has 1 fully saturated rings. The Labute approximate surface area is 111 Å². The minimum absolute atomic E-state index is 0.0132. The van der Waals surface area contributed by atoms with Gasteiger partial charge in [0.05, 0.1) is 28.7 Å². The predicted octanol–water partition coefficient (Wildman–Crippen LogP) is 2.45. The molecule has 0 radical (unpaired) electrons. The van der Waals surface area contributed by atoms with Crippen LogP contribution in [0.5, 0.6) is 0 Å². The van der Waals surface area contributed by atoms with E-state index in [-0.39, 0.29) is 17.8 Å². The molecule has 0 spiro atoms. The molecule has 1 aliphatic rings. The standard InChI is InChI=1S/C13H15N3O3/c1-19-13-4-2-3-10(13)15-11-7-9(8-14)5-6-12(11)16(17)18/h5-7,10,13,15H,2-4H2,1H3. The number of rotatable bonds is 4. The molecule has 0 heterocycles. The molecule has 1 N–H and O–H groups in total. The van der Waals surface area contributed by atoms with Gasteiger partial charge in [0.1, 0.15) is 5.69 Å². The van der Waals surface area contributed by atoms with Crippen molar-refractivity contribution < 1.29 is 9.66 Å². The Morgan fingerprint density at radius 2 is 2.32 bits per heavy atom. The molecule has 2 unspecified atom stereocenters. The van der Waals surface area contributed by atoms with Gasteiger partial charge in [0.2, 0.25) is 0 Å². The van der Waals surface area contributed by atoms with Crippen LogP contribution in [0, 0.1) is 21.4 Å². The van der Waals surface area contributed by atoms with E-state index in [2.05, 4.69) is 5.32 Å². The molecule has 19 heavy (non-hydrogen) atoms. The molecule has 0 bridgehead atoms. The summed E-state index contributed by atoms with van der Waals surface area (Å²) in [6.45, 7) is 0. The van der Waals surface area contributed by atoms with Crippen LogP contribution in [0.3, 0.4) is 0 Å². The van der Waals surface area contributed by atoms with Crippen LogP contribution in [0.25, 0.3) is 0 Å². The van der Waals surface area contributed by atoms with Crippen LogP contribution in [0.1, 0.15) is 24.8 Å². The fourth-order valence-electron chi connectivity index (χ4n) is 2.45. The van der Waals surface area contributed by atoms with Crippen molar-refractivity contribution in [1.29, 1.82) is 5.26 Å². The maximum absolute atomic E-state index is 11.0. The van der Waals surface area contributed by atoms with E-state index in [4.69, 9.17) is 10.00 Å².